The lowest BCUT2D eigenvalue weighted by Gasteiger charge is -2.19. The summed E-state index contributed by atoms with van der Waals surface area (Å²) >= 11 is 3.46. The molecule has 0 spiro atoms. The van der Waals surface area contributed by atoms with Crippen molar-refractivity contribution in [2.45, 2.75) is 26.9 Å². The maximum absolute atomic E-state index is 12.5. The third-order valence-corrected chi connectivity index (χ3v) is 4.21. The van der Waals surface area contributed by atoms with Crippen molar-refractivity contribution in [1.82, 2.24) is 0 Å². The second kappa shape index (κ2) is 8.25. The fraction of sp³-hybridized carbons (Fsp3) is 0.316. The van der Waals surface area contributed by atoms with Gasteiger partial charge in [-0.15, -0.1) is 0 Å². The molecule has 0 saturated carbocycles. The summed E-state index contributed by atoms with van der Waals surface area (Å²) in [5, 5.41) is 2.83. The Morgan fingerprint density at radius 2 is 1.72 bits per heavy atom. The molecule has 2 aromatic carbocycles. The van der Waals surface area contributed by atoms with Gasteiger partial charge in [-0.25, -0.2) is 0 Å². The van der Waals surface area contributed by atoms with Crippen molar-refractivity contribution in [2.75, 3.05) is 19.5 Å². The first-order valence-electron chi connectivity index (χ1n) is 7.82. The summed E-state index contributed by atoms with van der Waals surface area (Å²) in [4.78, 5) is 12.5. The minimum Gasteiger partial charge on any atom is -0.497 e. The van der Waals surface area contributed by atoms with E-state index in [9.17, 15) is 4.79 Å². The molecule has 0 bridgehead atoms. The number of rotatable bonds is 6. The lowest BCUT2D eigenvalue weighted by atomic mass is 10.1. The van der Waals surface area contributed by atoms with Crippen LogP contribution in [0.15, 0.2) is 34.8 Å². The number of methoxy groups -OCH3 is 2. The quantitative estimate of drug-likeness (QED) is 0.766. The highest BCUT2D eigenvalue weighted by atomic mass is 79.9. The fourth-order valence-electron chi connectivity index (χ4n) is 2.46. The van der Waals surface area contributed by atoms with Gasteiger partial charge in [-0.05, 0) is 56.2 Å². The van der Waals surface area contributed by atoms with E-state index < -0.39 is 6.10 Å². The molecule has 6 heteroatoms. The van der Waals surface area contributed by atoms with E-state index in [0.29, 0.717) is 22.9 Å². The molecule has 0 aliphatic heterocycles. The summed E-state index contributed by atoms with van der Waals surface area (Å²) in [6.07, 6.45) is -0.672. The van der Waals surface area contributed by atoms with Crippen molar-refractivity contribution in [3.8, 4) is 17.2 Å². The fourth-order valence-corrected chi connectivity index (χ4v) is 3.15. The summed E-state index contributed by atoms with van der Waals surface area (Å²) in [6, 6.07) is 9.13. The second-order valence-electron chi connectivity index (χ2n) is 5.68. The first kappa shape index (κ1) is 19.1. The average Bonchev–Trinajstić information content (AvgIpc) is 2.57. The summed E-state index contributed by atoms with van der Waals surface area (Å²) in [5.41, 5.74) is 2.46. The first-order chi connectivity index (χ1) is 11.8. The normalized spacial score (nSPS) is 11.6. The van der Waals surface area contributed by atoms with Crippen LogP contribution in [0.25, 0.3) is 0 Å². The average molecular weight is 408 g/mol. The molecular weight excluding hydrogens is 386 g/mol. The maximum Gasteiger partial charge on any atom is 0.265 e. The molecule has 1 unspecified atom stereocenters. The largest absolute Gasteiger partial charge is 0.497 e. The Hall–Kier alpha value is -2.21. The van der Waals surface area contributed by atoms with Crippen LogP contribution in [0.4, 0.5) is 5.69 Å². The monoisotopic (exact) mass is 407 g/mol. The van der Waals surface area contributed by atoms with Gasteiger partial charge in [0.1, 0.15) is 17.2 Å². The lowest BCUT2D eigenvalue weighted by molar-refractivity contribution is -0.122. The molecule has 0 radical (unpaired) electrons. The predicted molar refractivity (Wildman–Crippen MR) is 102 cm³/mol. The molecule has 0 aliphatic carbocycles. The van der Waals surface area contributed by atoms with Gasteiger partial charge < -0.3 is 19.5 Å². The van der Waals surface area contributed by atoms with Crippen molar-refractivity contribution in [2.24, 2.45) is 0 Å². The smallest absolute Gasteiger partial charge is 0.265 e. The number of nitrogens with one attached hydrogen (secondary N) is 1. The Bertz CT molecular complexity index is 753. The SMILES string of the molecule is COc1ccc(OC)c(NC(=O)C(C)Oc2c(C)cc(Br)cc2C)c1. The van der Waals surface area contributed by atoms with E-state index in [-0.39, 0.29) is 5.91 Å². The predicted octanol–water partition coefficient (Wildman–Crippen LogP) is 4.49. The third kappa shape index (κ3) is 4.66. The summed E-state index contributed by atoms with van der Waals surface area (Å²) in [6.45, 7) is 5.61. The van der Waals surface area contributed by atoms with Crippen molar-refractivity contribution in [1.29, 1.82) is 0 Å². The number of carbonyl (C=O) groups is 1. The van der Waals surface area contributed by atoms with Gasteiger partial charge in [0.25, 0.3) is 5.91 Å². The first-order valence-corrected chi connectivity index (χ1v) is 8.61. The Balaban J connectivity index is 2.16. The van der Waals surface area contributed by atoms with Gasteiger partial charge in [-0.1, -0.05) is 15.9 Å². The molecule has 0 aromatic heterocycles. The molecule has 2 rings (SSSR count). The van der Waals surface area contributed by atoms with Crippen LogP contribution in [-0.2, 0) is 4.79 Å². The van der Waals surface area contributed by atoms with Crippen LogP contribution in [0.5, 0.6) is 17.2 Å². The van der Waals surface area contributed by atoms with E-state index >= 15 is 0 Å². The summed E-state index contributed by atoms with van der Waals surface area (Å²) in [5.74, 6) is 1.62. The van der Waals surface area contributed by atoms with Crippen molar-refractivity contribution >= 4 is 27.5 Å². The molecule has 0 saturated heterocycles. The number of amides is 1. The summed E-state index contributed by atoms with van der Waals surface area (Å²) in [7, 11) is 3.12. The van der Waals surface area contributed by atoms with Gasteiger partial charge in [0.05, 0.1) is 19.9 Å². The van der Waals surface area contributed by atoms with Gasteiger partial charge in [-0.3, -0.25) is 4.79 Å². The number of aryl methyl sites for hydroxylation is 2. The highest BCUT2D eigenvalue weighted by Gasteiger charge is 2.19. The topological polar surface area (TPSA) is 56.8 Å². The molecule has 1 N–H and O–H groups in total. The molecule has 25 heavy (non-hydrogen) atoms. The standard InChI is InChI=1S/C19H22BrNO4/c1-11-8-14(20)9-12(2)18(11)25-13(3)19(22)21-16-10-15(23-4)6-7-17(16)24-5/h6-10,13H,1-5H3,(H,21,22). The number of hydrogen-bond donors (Lipinski definition) is 1. The highest BCUT2D eigenvalue weighted by Crippen LogP contribution is 2.30. The Labute approximate surface area is 156 Å². The highest BCUT2D eigenvalue weighted by molar-refractivity contribution is 9.10. The molecule has 0 fully saturated rings. The van der Waals surface area contributed by atoms with E-state index in [4.69, 9.17) is 14.2 Å². The zero-order valence-corrected chi connectivity index (χ0v) is 16.6. The van der Waals surface area contributed by atoms with Crippen LogP contribution in [0.1, 0.15) is 18.1 Å². The van der Waals surface area contributed by atoms with E-state index in [2.05, 4.69) is 21.2 Å². The lowest BCUT2D eigenvalue weighted by Crippen LogP contribution is -2.30. The molecule has 1 atom stereocenters. The summed E-state index contributed by atoms with van der Waals surface area (Å²) < 4.78 is 17.3. The van der Waals surface area contributed by atoms with Crippen LogP contribution in [0, 0.1) is 13.8 Å². The van der Waals surface area contributed by atoms with Gasteiger partial charge in [0.2, 0.25) is 0 Å². The van der Waals surface area contributed by atoms with E-state index in [1.54, 1.807) is 39.3 Å². The minimum atomic E-state index is -0.672. The van der Waals surface area contributed by atoms with Crippen LogP contribution in [0.2, 0.25) is 0 Å². The number of halogens is 1. The van der Waals surface area contributed by atoms with Crippen LogP contribution in [-0.4, -0.2) is 26.2 Å². The number of carbonyl (C=O) groups excluding carboxylic acids is 1. The van der Waals surface area contributed by atoms with Crippen LogP contribution in [0.3, 0.4) is 0 Å². The van der Waals surface area contributed by atoms with Crippen molar-refractivity contribution < 1.29 is 19.0 Å². The van der Waals surface area contributed by atoms with Crippen molar-refractivity contribution in [3.63, 3.8) is 0 Å². The molecule has 0 aliphatic rings. The van der Waals surface area contributed by atoms with Gasteiger partial charge >= 0.3 is 0 Å². The Kier molecular flexibility index (Phi) is 6.31. The number of hydrogen-bond acceptors (Lipinski definition) is 4. The zero-order chi connectivity index (χ0) is 18.6. The van der Waals surface area contributed by atoms with Gasteiger partial charge in [0.15, 0.2) is 6.10 Å². The molecule has 1 amide bonds. The Morgan fingerprint density at radius 3 is 2.28 bits per heavy atom. The molecule has 134 valence electrons. The molecule has 0 heterocycles. The van der Waals surface area contributed by atoms with E-state index in [0.717, 1.165) is 15.6 Å². The van der Waals surface area contributed by atoms with E-state index in [1.165, 1.54) is 0 Å². The number of benzene rings is 2. The minimum absolute atomic E-state index is 0.270. The molecular formula is C19H22BrNO4. The molecule has 2 aromatic rings. The maximum atomic E-state index is 12.5. The second-order valence-corrected chi connectivity index (χ2v) is 6.60. The molecule has 5 nitrogen and oxygen atoms in total. The number of anilines is 1. The zero-order valence-electron chi connectivity index (χ0n) is 15.0. The van der Waals surface area contributed by atoms with Crippen LogP contribution >= 0.6 is 15.9 Å². The Morgan fingerprint density at radius 1 is 1.08 bits per heavy atom. The van der Waals surface area contributed by atoms with Gasteiger partial charge in [0, 0.05) is 10.5 Å². The van der Waals surface area contributed by atoms with E-state index in [1.807, 2.05) is 26.0 Å². The van der Waals surface area contributed by atoms with Crippen LogP contribution < -0.4 is 19.5 Å². The van der Waals surface area contributed by atoms with Crippen molar-refractivity contribution in [3.05, 3.63) is 45.9 Å². The number of ether oxygens (including phenoxy) is 3. The third-order valence-electron chi connectivity index (χ3n) is 3.75. The van der Waals surface area contributed by atoms with Gasteiger partial charge in [-0.2, -0.15) is 0 Å².